The lowest BCUT2D eigenvalue weighted by molar-refractivity contribution is -0.115. The van der Waals surface area contributed by atoms with Gasteiger partial charge >= 0.3 is 0 Å². The van der Waals surface area contributed by atoms with Gasteiger partial charge in [-0.05, 0) is 31.2 Å². The van der Waals surface area contributed by atoms with Crippen LogP contribution in [0.4, 0.5) is 16.6 Å². The van der Waals surface area contributed by atoms with E-state index in [1.165, 1.54) is 11.3 Å². The quantitative estimate of drug-likeness (QED) is 0.708. The van der Waals surface area contributed by atoms with Gasteiger partial charge in [0.05, 0.1) is 17.1 Å². The fourth-order valence-corrected chi connectivity index (χ4v) is 2.84. The van der Waals surface area contributed by atoms with E-state index in [1.54, 1.807) is 18.3 Å². The van der Waals surface area contributed by atoms with E-state index in [0.717, 1.165) is 11.3 Å². The molecule has 3 rings (SSSR count). The fourth-order valence-electron chi connectivity index (χ4n) is 2.01. The van der Waals surface area contributed by atoms with Crippen LogP contribution >= 0.6 is 22.9 Å². The van der Waals surface area contributed by atoms with Gasteiger partial charge in [0, 0.05) is 17.3 Å². The van der Waals surface area contributed by atoms with Gasteiger partial charge in [-0.1, -0.05) is 29.3 Å². The second-order valence-electron chi connectivity index (χ2n) is 5.22. The van der Waals surface area contributed by atoms with Gasteiger partial charge in [0.2, 0.25) is 5.91 Å². The molecule has 7 heteroatoms. The number of carbonyl (C=O) groups is 1. The van der Waals surface area contributed by atoms with Gasteiger partial charge in [-0.15, -0.1) is 11.3 Å². The zero-order valence-electron chi connectivity index (χ0n) is 12.9. The number of hydrogen-bond donors (Lipinski definition) is 2. The first-order valence-electron chi connectivity index (χ1n) is 7.28. The van der Waals surface area contributed by atoms with Crippen LogP contribution in [0.5, 0.6) is 0 Å². The molecule has 0 saturated heterocycles. The minimum Gasteiger partial charge on any atom is -0.326 e. The van der Waals surface area contributed by atoms with Crippen LogP contribution in [0.1, 0.15) is 11.3 Å². The second-order valence-corrected chi connectivity index (χ2v) is 6.52. The summed E-state index contributed by atoms with van der Waals surface area (Å²) in [7, 11) is 0. The van der Waals surface area contributed by atoms with Crippen LogP contribution in [0.2, 0.25) is 5.02 Å². The number of rotatable bonds is 5. The van der Waals surface area contributed by atoms with Crippen LogP contribution in [0.3, 0.4) is 0 Å². The van der Waals surface area contributed by atoms with E-state index < -0.39 is 0 Å². The highest BCUT2D eigenvalue weighted by Gasteiger charge is 2.09. The summed E-state index contributed by atoms with van der Waals surface area (Å²) >= 11 is 7.23. The molecule has 1 aromatic carbocycles. The van der Waals surface area contributed by atoms with E-state index in [0.29, 0.717) is 21.7 Å². The zero-order valence-corrected chi connectivity index (χ0v) is 14.5. The van der Waals surface area contributed by atoms with Gasteiger partial charge in [0.1, 0.15) is 5.82 Å². The number of nitrogens with one attached hydrogen (secondary N) is 2. The third-order valence-corrected chi connectivity index (χ3v) is 4.22. The highest BCUT2D eigenvalue weighted by molar-refractivity contribution is 7.13. The largest absolute Gasteiger partial charge is 0.326 e. The number of thiazole rings is 1. The van der Waals surface area contributed by atoms with Gasteiger partial charge in [-0.3, -0.25) is 4.79 Å². The molecule has 0 saturated carbocycles. The summed E-state index contributed by atoms with van der Waals surface area (Å²) in [6.07, 6.45) is 1.79. The molecule has 0 atom stereocenters. The van der Waals surface area contributed by atoms with Crippen molar-refractivity contribution in [3.05, 3.63) is 64.3 Å². The fraction of sp³-hybridized carbons (Fsp3) is 0.118. The molecule has 24 heavy (non-hydrogen) atoms. The van der Waals surface area contributed by atoms with Crippen molar-refractivity contribution >= 4 is 45.5 Å². The number of anilines is 3. The maximum absolute atomic E-state index is 12.1. The molecule has 0 fully saturated rings. The zero-order chi connectivity index (χ0) is 16.9. The molecule has 1 amide bonds. The molecule has 0 aliphatic rings. The lowest BCUT2D eigenvalue weighted by Gasteiger charge is -2.04. The Morgan fingerprint density at radius 3 is 2.71 bits per heavy atom. The molecule has 2 N–H and O–H groups in total. The first kappa shape index (κ1) is 16.4. The average molecular weight is 359 g/mol. The Morgan fingerprint density at radius 1 is 1.21 bits per heavy atom. The number of aryl methyl sites for hydroxylation is 1. The third kappa shape index (κ3) is 4.53. The second kappa shape index (κ2) is 7.42. The van der Waals surface area contributed by atoms with Crippen molar-refractivity contribution in [2.45, 2.75) is 13.3 Å². The Kier molecular flexibility index (Phi) is 5.08. The van der Waals surface area contributed by atoms with Gasteiger partial charge < -0.3 is 10.6 Å². The maximum atomic E-state index is 12.1. The van der Waals surface area contributed by atoms with Crippen LogP contribution in [-0.4, -0.2) is 15.9 Å². The van der Waals surface area contributed by atoms with Crippen LogP contribution in [0.25, 0.3) is 0 Å². The number of aromatic nitrogens is 2. The molecule has 2 heterocycles. The smallest absolute Gasteiger partial charge is 0.230 e. The van der Waals surface area contributed by atoms with E-state index in [1.807, 2.05) is 36.6 Å². The third-order valence-electron chi connectivity index (χ3n) is 3.19. The molecule has 0 bridgehead atoms. The molecule has 0 radical (unpaired) electrons. The van der Waals surface area contributed by atoms with E-state index in [2.05, 4.69) is 20.6 Å². The predicted molar refractivity (Wildman–Crippen MR) is 98.2 cm³/mol. The topological polar surface area (TPSA) is 66.9 Å². The highest BCUT2D eigenvalue weighted by atomic mass is 35.5. The summed E-state index contributed by atoms with van der Waals surface area (Å²) in [5, 5.41) is 9.06. The van der Waals surface area contributed by atoms with Crippen LogP contribution in [-0.2, 0) is 11.2 Å². The van der Waals surface area contributed by atoms with Gasteiger partial charge in [-0.2, -0.15) is 0 Å². The molecule has 0 spiro atoms. The van der Waals surface area contributed by atoms with Crippen LogP contribution < -0.4 is 10.6 Å². The predicted octanol–water partition coefficient (Wildman–Crippen LogP) is 4.42. The molecule has 0 aliphatic carbocycles. The SMILES string of the molecule is Cc1ccc(NC(=O)Cc2csc(Nc3ccc(Cl)cn3)n2)cc1. The number of hydrogen-bond acceptors (Lipinski definition) is 5. The number of halogens is 1. The lowest BCUT2D eigenvalue weighted by atomic mass is 10.2. The van der Waals surface area contributed by atoms with Crippen LogP contribution in [0.15, 0.2) is 48.0 Å². The number of benzene rings is 1. The molecular formula is C17H15ClN4OS. The summed E-state index contributed by atoms with van der Waals surface area (Å²) < 4.78 is 0. The Morgan fingerprint density at radius 2 is 2.00 bits per heavy atom. The highest BCUT2D eigenvalue weighted by Crippen LogP contribution is 2.21. The van der Waals surface area contributed by atoms with Crippen molar-refractivity contribution in [1.29, 1.82) is 0 Å². The van der Waals surface area contributed by atoms with E-state index >= 15 is 0 Å². The Hall–Kier alpha value is -2.44. The van der Waals surface area contributed by atoms with Crippen molar-refractivity contribution in [3.63, 3.8) is 0 Å². The monoisotopic (exact) mass is 358 g/mol. The van der Waals surface area contributed by atoms with Gasteiger partial charge in [0.25, 0.3) is 0 Å². The Bertz CT molecular complexity index is 831. The van der Waals surface area contributed by atoms with Crippen molar-refractivity contribution in [1.82, 2.24) is 9.97 Å². The summed E-state index contributed by atoms with van der Waals surface area (Å²) in [5.74, 6) is 0.560. The molecule has 3 aromatic rings. The molecule has 122 valence electrons. The average Bonchev–Trinajstić information content (AvgIpc) is 2.99. The summed E-state index contributed by atoms with van der Waals surface area (Å²) in [6.45, 7) is 2.00. The van der Waals surface area contributed by atoms with E-state index in [-0.39, 0.29) is 12.3 Å². The first-order valence-corrected chi connectivity index (χ1v) is 8.54. The molecule has 5 nitrogen and oxygen atoms in total. The standard InChI is InChI=1S/C17H15ClN4OS/c1-11-2-5-13(6-3-11)20-16(23)8-14-10-24-17(21-14)22-15-7-4-12(18)9-19-15/h2-7,9-10H,8H2,1H3,(H,20,23)(H,19,21,22). The number of pyridine rings is 1. The summed E-state index contributed by atoms with van der Waals surface area (Å²) in [5.41, 5.74) is 2.64. The van der Waals surface area contributed by atoms with Crippen molar-refractivity contribution in [3.8, 4) is 0 Å². The molecule has 0 aliphatic heterocycles. The van der Waals surface area contributed by atoms with Crippen LogP contribution in [0, 0.1) is 6.92 Å². The molecular weight excluding hydrogens is 344 g/mol. The Balaban J connectivity index is 1.58. The lowest BCUT2D eigenvalue weighted by Crippen LogP contribution is -2.14. The summed E-state index contributed by atoms with van der Waals surface area (Å²) in [6, 6.07) is 11.2. The van der Waals surface area contributed by atoms with E-state index in [9.17, 15) is 4.79 Å². The number of carbonyl (C=O) groups excluding carboxylic acids is 1. The number of amides is 1. The van der Waals surface area contributed by atoms with Crippen molar-refractivity contribution in [2.75, 3.05) is 10.6 Å². The molecule has 0 unspecified atom stereocenters. The maximum Gasteiger partial charge on any atom is 0.230 e. The molecule has 2 aromatic heterocycles. The summed E-state index contributed by atoms with van der Waals surface area (Å²) in [4.78, 5) is 20.6. The first-order chi connectivity index (χ1) is 11.6. The van der Waals surface area contributed by atoms with E-state index in [4.69, 9.17) is 11.6 Å². The minimum absolute atomic E-state index is 0.0969. The Labute approximate surface area is 148 Å². The number of nitrogens with zero attached hydrogens (tertiary/aromatic N) is 2. The van der Waals surface area contributed by atoms with Gasteiger partial charge in [0.15, 0.2) is 5.13 Å². The normalized spacial score (nSPS) is 10.4. The van der Waals surface area contributed by atoms with Crippen molar-refractivity contribution < 1.29 is 4.79 Å². The van der Waals surface area contributed by atoms with Crippen molar-refractivity contribution in [2.24, 2.45) is 0 Å². The van der Waals surface area contributed by atoms with Gasteiger partial charge in [-0.25, -0.2) is 9.97 Å². The minimum atomic E-state index is -0.0969.